The molecule has 0 unspecified atom stereocenters. The lowest BCUT2D eigenvalue weighted by molar-refractivity contribution is 0.474. The molecule has 218 valence electrons. The molecule has 0 saturated carbocycles. The maximum absolute atomic E-state index is 9.88. The first-order valence-electron chi connectivity index (χ1n) is 15.1. The summed E-state index contributed by atoms with van der Waals surface area (Å²) >= 11 is 0. The van der Waals surface area contributed by atoms with Gasteiger partial charge in [0.2, 0.25) is 0 Å². The van der Waals surface area contributed by atoms with Gasteiger partial charge in [-0.15, -0.1) is 0 Å². The summed E-state index contributed by atoms with van der Waals surface area (Å²) in [5, 5.41) is 19.8. The van der Waals surface area contributed by atoms with Crippen LogP contribution >= 0.6 is 0 Å². The molecule has 6 rings (SSSR count). The van der Waals surface area contributed by atoms with Crippen molar-refractivity contribution in [1.29, 1.82) is 0 Å². The molecular formula is C44H30O2. The first-order chi connectivity index (χ1) is 22.6. The van der Waals surface area contributed by atoms with E-state index in [0.29, 0.717) is 12.8 Å². The Morgan fingerprint density at radius 2 is 0.696 bits per heavy atom. The Kier molecular flexibility index (Phi) is 9.27. The number of phenolic OH excluding ortho intramolecular Hbond substituents is 2. The van der Waals surface area contributed by atoms with E-state index in [4.69, 9.17) is 0 Å². The highest BCUT2D eigenvalue weighted by molar-refractivity contribution is 5.58. The third kappa shape index (κ3) is 8.15. The molecule has 46 heavy (non-hydrogen) atoms. The van der Waals surface area contributed by atoms with E-state index in [1.54, 1.807) is 24.3 Å². The van der Waals surface area contributed by atoms with Gasteiger partial charge in [-0.05, 0) is 120 Å². The lowest BCUT2D eigenvalue weighted by Gasteiger charge is -2.13. The molecule has 2 nitrogen and oxygen atoms in total. The molecule has 0 atom stereocenters. The monoisotopic (exact) mass is 590 g/mol. The van der Waals surface area contributed by atoms with Crippen LogP contribution in [-0.4, -0.2) is 10.2 Å². The topological polar surface area (TPSA) is 40.5 Å². The zero-order valence-electron chi connectivity index (χ0n) is 25.2. The number of hydrogen-bond donors (Lipinski definition) is 2. The predicted octanol–water partition coefficient (Wildman–Crippen LogP) is 8.48. The normalized spacial score (nSPS) is 10.0. The number of phenols is 2. The van der Waals surface area contributed by atoms with Crippen molar-refractivity contribution in [1.82, 2.24) is 0 Å². The van der Waals surface area contributed by atoms with Gasteiger partial charge in [-0.3, -0.25) is 0 Å². The van der Waals surface area contributed by atoms with Crippen LogP contribution in [0.3, 0.4) is 0 Å². The summed E-state index contributed by atoms with van der Waals surface area (Å²) in [6, 6.07) is 46.7. The highest BCUT2D eigenvalue weighted by atomic mass is 16.3. The molecule has 0 fully saturated rings. The third-order valence-electron chi connectivity index (χ3n) is 7.43. The van der Waals surface area contributed by atoms with Crippen LogP contribution in [0.5, 0.6) is 11.5 Å². The second-order valence-electron chi connectivity index (χ2n) is 10.9. The molecule has 0 bridgehead atoms. The molecule has 2 N–H and O–H groups in total. The lowest BCUT2D eigenvalue weighted by atomic mass is 9.90. The standard InChI is InChI=1S/C44H30O2/c45-42-24-19-37(20-25-42)29-40-31-39(18-17-34-9-5-2-6-10-34)32-41(30-38-21-26-43(46)27-22-38)44(40)28-23-36-15-13-35(14-16-36)12-11-33-7-3-1-4-8-33/h1-10,13-16,19-22,24-27,31-32,45-46H,29-30H2. The van der Waals surface area contributed by atoms with Crippen molar-refractivity contribution in [3.63, 3.8) is 0 Å². The molecule has 6 aromatic carbocycles. The Morgan fingerprint density at radius 3 is 1.11 bits per heavy atom. The molecule has 0 saturated heterocycles. The van der Waals surface area contributed by atoms with E-state index in [1.165, 1.54) is 0 Å². The minimum atomic E-state index is 0.233. The van der Waals surface area contributed by atoms with Crippen molar-refractivity contribution in [2.24, 2.45) is 0 Å². The largest absolute Gasteiger partial charge is 0.508 e. The van der Waals surface area contributed by atoms with Crippen molar-refractivity contribution in [2.75, 3.05) is 0 Å². The maximum Gasteiger partial charge on any atom is 0.115 e. The van der Waals surface area contributed by atoms with E-state index in [1.807, 2.05) is 109 Å². The van der Waals surface area contributed by atoms with Gasteiger partial charge >= 0.3 is 0 Å². The molecule has 0 aromatic heterocycles. The predicted molar refractivity (Wildman–Crippen MR) is 186 cm³/mol. The zero-order valence-corrected chi connectivity index (χ0v) is 25.2. The molecule has 0 aliphatic heterocycles. The highest BCUT2D eigenvalue weighted by Gasteiger charge is 2.12. The van der Waals surface area contributed by atoms with Gasteiger partial charge in [0.25, 0.3) is 0 Å². The third-order valence-corrected chi connectivity index (χ3v) is 7.43. The quantitative estimate of drug-likeness (QED) is 0.202. The molecule has 0 spiro atoms. The number of hydrogen-bond acceptors (Lipinski definition) is 2. The molecular weight excluding hydrogens is 560 g/mol. The first-order valence-corrected chi connectivity index (χ1v) is 15.1. The minimum absolute atomic E-state index is 0.233. The van der Waals surface area contributed by atoms with Crippen molar-refractivity contribution < 1.29 is 10.2 Å². The maximum atomic E-state index is 9.88. The van der Waals surface area contributed by atoms with Crippen molar-refractivity contribution in [3.8, 4) is 47.0 Å². The van der Waals surface area contributed by atoms with Gasteiger partial charge in [0.15, 0.2) is 0 Å². The van der Waals surface area contributed by atoms with Crippen LogP contribution in [0.15, 0.2) is 146 Å². The smallest absolute Gasteiger partial charge is 0.115 e. The van der Waals surface area contributed by atoms with E-state index >= 15 is 0 Å². The molecule has 0 aliphatic rings. The van der Waals surface area contributed by atoms with E-state index in [2.05, 4.69) is 47.7 Å². The number of rotatable bonds is 4. The number of benzene rings is 6. The molecule has 0 amide bonds. The summed E-state index contributed by atoms with van der Waals surface area (Å²) in [5.74, 6) is 20.5. The Balaban J connectivity index is 1.41. The number of aromatic hydroxyl groups is 2. The summed E-state index contributed by atoms with van der Waals surface area (Å²) in [6.07, 6.45) is 1.25. The zero-order chi connectivity index (χ0) is 31.6. The van der Waals surface area contributed by atoms with Crippen molar-refractivity contribution in [3.05, 3.63) is 201 Å². The Morgan fingerprint density at radius 1 is 0.348 bits per heavy atom. The molecule has 0 aliphatic carbocycles. The van der Waals surface area contributed by atoms with Crippen LogP contribution in [0.1, 0.15) is 55.6 Å². The van der Waals surface area contributed by atoms with Crippen molar-refractivity contribution >= 4 is 0 Å². The van der Waals surface area contributed by atoms with E-state index in [9.17, 15) is 10.2 Å². The second-order valence-corrected chi connectivity index (χ2v) is 10.9. The Labute approximate surface area is 270 Å². The molecule has 6 aromatic rings. The molecule has 0 heterocycles. The SMILES string of the molecule is Oc1ccc(Cc2cc(C#Cc3ccccc3)cc(Cc3ccc(O)cc3)c2C#Cc2ccc(C#Cc3ccccc3)cc2)cc1. The highest BCUT2D eigenvalue weighted by Crippen LogP contribution is 2.25. The van der Waals surface area contributed by atoms with Gasteiger partial charge in [-0.1, -0.05) is 96.2 Å². The van der Waals surface area contributed by atoms with E-state index < -0.39 is 0 Å². The lowest BCUT2D eigenvalue weighted by Crippen LogP contribution is -2.01. The van der Waals surface area contributed by atoms with Crippen LogP contribution in [0.4, 0.5) is 0 Å². The van der Waals surface area contributed by atoms with Gasteiger partial charge in [-0.2, -0.15) is 0 Å². The Bertz CT molecular complexity index is 2060. The first kappa shape index (κ1) is 29.7. The van der Waals surface area contributed by atoms with E-state index in [0.717, 1.165) is 55.6 Å². The average molecular weight is 591 g/mol. The summed E-state index contributed by atoms with van der Waals surface area (Å²) < 4.78 is 0. The van der Waals surface area contributed by atoms with Crippen molar-refractivity contribution in [2.45, 2.75) is 12.8 Å². The van der Waals surface area contributed by atoms with Crippen LogP contribution in [-0.2, 0) is 12.8 Å². The van der Waals surface area contributed by atoms with Crippen LogP contribution < -0.4 is 0 Å². The summed E-state index contributed by atoms with van der Waals surface area (Å²) in [4.78, 5) is 0. The molecule has 2 heteroatoms. The summed E-state index contributed by atoms with van der Waals surface area (Å²) in [7, 11) is 0. The minimum Gasteiger partial charge on any atom is -0.508 e. The Hall–Kier alpha value is -6.40. The molecule has 0 radical (unpaired) electrons. The van der Waals surface area contributed by atoms with Gasteiger partial charge in [0, 0.05) is 33.4 Å². The fraction of sp³-hybridized carbons (Fsp3) is 0.0455. The summed E-state index contributed by atoms with van der Waals surface area (Å²) in [5.41, 5.74) is 9.82. The van der Waals surface area contributed by atoms with Gasteiger partial charge < -0.3 is 10.2 Å². The van der Waals surface area contributed by atoms with E-state index in [-0.39, 0.29) is 11.5 Å². The van der Waals surface area contributed by atoms with Gasteiger partial charge in [0.1, 0.15) is 11.5 Å². The van der Waals surface area contributed by atoms with Gasteiger partial charge in [-0.25, -0.2) is 0 Å². The van der Waals surface area contributed by atoms with Crippen LogP contribution in [0.25, 0.3) is 0 Å². The fourth-order valence-electron chi connectivity index (χ4n) is 5.05. The fourth-order valence-corrected chi connectivity index (χ4v) is 5.05. The van der Waals surface area contributed by atoms with Gasteiger partial charge in [0.05, 0.1) is 0 Å². The second kappa shape index (κ2) is 14.4. The van der Waals surface area contributed by atoms with Crippen LogP contribution in [0.2, 0.25) is 0 Å². The average Bonchev–Trinajstić information content (AvgIpc) is 3.09. The summed E-state index contributed by atoms with van der Waals surface area (Å²) in [6.45, 7) is 0. The van der Waals surface area contributed by atoms with Crippen LogP contribution in [0, 0.1) is 35.5 Å².